The van der Waals surface area contributed by atoms with Gasteiger partial charge in [0.2, 0.25) is 11.8 Å². The summed E-state index contributed by atoms with van der Waals surface area (Å²) >= 11 is 0. The van der Waals surface area contributed by atoms with Crippen molar-refractivity contribution in [3.63, 3.8) is 0 Å². The molecule has 6 nitrogen and oxygen atoms in total. The van der Waals surface area contributed by atoms with Crippen molar-refractivity contribution in [1.82, 2.24) is 15.2 Å². The van der Waals surface area contributed by atoms with Gasteiger partial charge in [0.15, 0.2) is 0 Å². The van der Waals surface area contributed by atoms with Gasteiger partial charge in [0.1, 0.15) is 5.75 Å². The molecule has 2 rings (SSSR count). The first-order valence-electron chi connectivity index (χ1n) is 7.81. The number of benzene rings is 1. The molecular formula is C19H21N3O3. The van der Waals surface area contributed by atoms with Crippen LogP contribution >= 0.6 is 0 Å². The van der Waals surface area contributed by atoms with Gasteiger partial charge in [0, 0.05) is 32.1 Å². The molecule has 2 aromatic rings. The van der Waals surface area contributed by atoms with E-state index in [1.807, 2.05) is 30.3 Å². The van der Waals surface area contributed by atoms with E-state index in [-0.39, 0.29) is 18.4 Å². The Bertz CT molecular complexity index is 745. The molecule has 6 heteroatoms. The van der Waals surface area contributed by atoms with E-state index in [2.05, 4.69) is 10.3 Å². The lowest BCUT2D eigenvalue weighted by Crippen LogP contribution is -2.37. The predicted molar refractivity (Wildman–Crippen MR) is 95.7 cm³/mol. The van der Waals surface area contributed by atoms with Crippen LogP contribution in [0.1, 0.15) is 11.1 Å². The molecule has 1 aromatic carbocycles. The van der Waals surface area contributed by atoms with Crippen LogP contribution in [0.2, 0.25) is 0 Å². The second-order valence-electron chi connectivity index (χ2n) is 5.44. The van der Waals surface area contributed by atoms with E-state index < -0.39 is 0 Å². The molecule has 0 saturated heterocycles. The molecule has 0 bridgehead atoms. The van der Waals surface area contributed by atoms with Gasteiger partial charge < -0.3 is 15.0 Å². The number of aromatic nitrogens is 1. The quantitative estimate of drug-likeness (QED) is 0.782. The summed E-state index contributed by atoms with van der Waals surface area (Å²) in [5, 5.41) is 2.76. The molecule has 1 aromatic heterocycles. The average Bonchev–Trinajstić information content (AvgIpc) is 2.65. The Kier molecular flexibility index (Phi) is 6.71. The SMILES string of the molecule is COc1cccc(/C=C/C(=O)N(C)CC(=O)NCc2cccnc2)c1. The van der Waals surface area contributed by atoms with Gasteiger partial charge in [-0.1, -0.05) is 18.2 Å². The van der Waals surface area contributed by atoms with Crippen LogP contribution in [-0.4, -0.2) is 42.4 Å². The third kappa shape index (κ3) is 6.10. The van der Waals surface area contributed by atoms with E-state index in [4.69, 9.17) is 4.74 Å². The molecule has 0 radical (unpaired) electrons. The molecule has 1 N–H and O–H groups in total. The number of likely N-dealkylation sites (N-methyl/N-ethyl adjacent to an activating group) is 1. The molecule has 0 unspecified atom stereocenters. The number of hydrogen-bond donors (Lipinski definition) is 1. The van der Waals surface area contributed by atoms with Crippen molar-refractivity contribution >= 4 is 17.9 Å². The van der Waals surface area contributed by atoms with Crippen molar-refractivity contribution in [3.05, 3.63) is 66.0 Å². The highest BCUT2D eigenvalue weighted by atomic mass is 16.5. The molecule has 0 atom stereocenters. The lowest BCUT2D eigenvalue weighted by molar-refractivity contribution is -0.131. The fraction of sp³-hybridized carbons (Fsp3) is 0.211. The van der Waals surface area contributed by atoms with Crippen LogP contribution in [-0.2, 0) is 16.1 Å². The molecule has 0 aliphatic heterocycles. The lowest BCUT2D eigenvalue weighted by Gasteiger charge is -2.14. The van der Waals surface area contributed by atoms with Crippen LogP contribution in [0.15, 0.2) is 54.9 Å². The van der Waals surface area contributed by atoms with Crippen LogP contribution in [0.3, 0.4) is 0 Å². The summed E-state index contributed by atoms with van der Waals surface area (Å²) in [5.41, 5.74) is 1.75. The maximum Gasteiger partial charge on any atom is 0.246 e. The first-order chi connectivity index (χ1) is 12.1. The first-order valence-corrected chi connectivity index (χ1v) is 7.81. The first kappa shape index (κ1) is 18.2. The normalized spacial score (nSPS) is 10.5. The Labute approximate surface area is 147 Å². The maximum atomic E-state index is 12.1. The van der Waals surface area contributed by atoms with Crippen molar-refractivity contribution in [3.8, 4) is 5.75 Å². The Hall–Kier alpha value is -3.15. The van der Waals surface area contributed by atoms with Gasteiger partial charge in [0.25, 0.3) is 0 Å². The molecule has 0 aliphatic carbocycles. The highest BCUT2D eigenvalue weighted by Crippen LogP contribution is 2.13. The second-order valence-corrected chi connectivity index (χ2v) is 5.44. The molecule has 0 fully saturated rings. The third-order valence-corrected chi connectivity index (χ3v) is 3.48. The van der Waals surface area contributed by atoms with Crippen molar-refractivity contribution < 1.29 is 14.3 Å². The minimum atomic E-state index is -0.251. The van der Waals surface area contributed by atoms with Crippen LogP contribution in [0, 0.1) is 0 Å². The van der Waals surface area contributed by atoms with Gasteiger partial charge >= 0.3 is 0 Å². The number of rotatable bonds is 7. The summed E-state index contributed by atoms with van der Waals surface area (Å²) in [5.74, 6) is 0.242. The van der Waals surface area contributed by atoms with Crippen molar-refractivity contribution in [2.24, 2.45) is 0 Å². The fourth-order valence-electron chi connectivity index (χ4n) is 2.09. The van der Waals surface area contributed by atoms with Crippen molar-refractivity contribution in [1.29, 1.82) is 0 Å². The largest absolute Gasteiger partial charge is 0.497 e. The molecule has 25 heavy (non-hydrogen) atoms. The number of carbonyl (C=O) groups excluding carboxylic acids is 2. The average molecular weight is 339 g/mol. The van der Waals surface area contributed by atoms with E-state index >= 15 is 0 Å². The number of hydrogen-bond acceptors (Lipinski definition) is 4. The fourth-order valence-corrected chi connectivity index (χ4v) is 2.09. The zero-order chi connectivity index (χ0) is 18.1. The highest BCUT2D eigenvalue weighted by molar-refractivity contribution is 5.94. The van der Waals surface area contributed by atoms with Crippen molar-refractivity contribution in [2.75, 3.05) is 20.7 Å². The molecule has 2 amide bonds. The molecule has 0 aliphatic rings. The number of methoxy groups -OCH3 is 1. The minimum absolute atomic E-state index is 0.0124. The summed E-state index contributed by atoms with van der Waals surface area (Å²) in [7, 11) is 3.17. The summed E-state index contributed by atoms with van der Waals surface area (Å²) in [6.45, 7) is 0.371. The summed E-state index contributed by atoms with van der Waals surface area (Å²) in [6, 6.07) is 11.0. The number of amides is 2. The number of ether oxygens (including phenoxy) is 1. The van der Waals surface area contributed by atoms with Crippen molar-refractivity contribution in [2.45, 2.75) is 6.54 Å². The third-order valence-electron chi connectivity index (χ3n) is 3.48. The predicted octanol–water partition coefficient (Wildman–Crippen LogP) is 1.88. The number of nitrogens with zero attached hydrogens (tertiary/aromatic N) is 2. The highest BCUT2D eigenvalue weighted by Gasteiger charge is 2.10. The lowest BCUT2D eigenvalue weighted by atomic mass is 10.2. The summed E-state index contributed by atoms with van der Waals surface area (Å²) in [4.78, 5) is 29.4. The Morgan fingerprint density at radius 2 is 2.12 bits per heavy atom. The molecule has 1 heterocycles. The van der Waals surface area contributed by atoms with Gasteiger partial charge in [-0.05, 0) is 35.4 Å². The standard InChI is InChI=1S/C19H21N3O3/c1-22(14-18(23)21-13-16-6-4-10-20-12-16)19(24)9-8-15-5-3-7-17(11-15)25-2/h3-12H,13-14H2,1-2H3,(H,21,23)/b9-8+. The molecule has 130 valence electrons. The monoisotopic (exact) mass is 339 g/mol. The van der Waals surface area contributed by atoms with E-state index in [9.17, 15) is 9.59 Å². The number of carbonyl (C=O) groups is 2. The van der Waals surface area contributed by atoms with E-state index in [0.29, 0.717) is 6.54 Å². The van der Waals surface area contributed by atoms with Crippen LogP contribution in [0.4, 0.5) is 0 Å². The number of pyridine rings is 1. The van der Waals surface area contributed by atoms with E-state index in [0.717, 1.165) is 16.9 Å². The zero-order valence-electron chi connectivity index (χ0n) is 14.3. The molecule has 0 saturated carbocycles. The topological polar surface area (TPSA) is 71.5 Å². The maximum absolute atomic E-state index is 12.1. The Morgan fingerprint density at radius 1 is 1.28 bits per heavy atom. The van der Waals surface area contributed by atoms with Crippen LogP contribution in [0.5, 0.6) is 5.75 Å². The zero-order valence-corrected chi connectivity index (χ0v) is 14.3. The van der Waals surface area contributed by atoms with Gasteiger partial charge in [-0.3, -0.25) is 14.6 Å². The van der Waals surface area contributed by atoms with E-state index in [1.165, 1.54) is 11.0 Å². The number of nitrogens with one attached hydrogen (secondary N) is 1. The van der Waals surface area contributed by atoms with Gasteiger partial charge in [-0.25, -0.2) is 0 Å². The van der Waals surface area contributed by atoms with Gasteiger partial charge in [0.05, 0.1) is 13.7 Å². The molecule has 0 spiro atoms. The van der Waals surface area contributed by atoms with Gasteiger partial charge in [-0.2, -0.15) is 0 Å². The molecular weight excluding hydrogens is 318 g/mol. The summed E-state index contributed by atoms with van der Waals surface area (Å²) < 4.78 is 5.14. The van der Waals surface area contributed by atoms with E-state index in [1.54, 1.807) is 38.7 Å². The van der Waals surface area contributed by atoms with Crippen LogP contribution in [0.25, 0.3) is 6.08 Å². The Morgan fingerprint density at radius 3 is 2.84 bits per heavy atom. The van der Waals surface area contributed by atoms with Gasteiger partial charge in [-0.15, -0.1) is 0 Å². The van der Waals surface area contributed by atoms with Crippen LogP contribution < -0.4 is 10.1 Å². The summed E-state index contributed by atoms with van der Waals surface area (Å²) in [6.07, 6.45) is 6.48. The Balaban J connectivity index is 1.82. The second kappa shape index (κ2) is 9.22. The smallest absolute Gasteiger partial charge is 0.246 e. The minimum Gasteiger partial charge on any atom is -0.497 e.